The van der Waals surface area contributed by atoms with Crippen molar-refractivity contribution in [3.8, 4) is 0 Å². The van der Waals surface area contributed by atoms with Crippen LogP contribution in [0.5, 0.6) is 0 Å². The maximum Gasteiger partial charge on any atom is 0.397 e. The molecule has 0 bridgehead atoms. The number of amides is 1. The highest BCUT2D eigenvalue weighted by molar-refractivity contribution is 6.74. The molecule has 134 valence electrons. The number of carbonyl (C=O) groups excluding carboxylic acids is 2. The molecule has 24 heavy (non-hydrogen) atoms. The molecule has 6 heteroatoms. The van der Waals surface area contributed by atoms with Crippen LogP contribution in [0.3, 0.4) is 0 Å². The molecule has 0 unspecified atom stereocenters. The van der Waals surface area contributed by atoms with Crippen LogP contribution in [-0.2, 0) is 25.2 Å². The van der Waals surface area contributed by atoms with Gasteiger partial charge in [0.05, 0.1) is 6.61 Å². The first-order chi connectivity index (χ1) is 11.1. The van der Waals surface area contributed by atoms with Crippen molar-refractivity contribution < 1.29 is 18.8 Å². The molecule has 0 aromatic heterocycles. The second kappa shape index (κ2) is 8.44. The van der Waals surface area contributed by atoms with Crippen LogP contribution in [0.4, 0.5) is 5.69 Å². The Balaban J connectivity index is 2.51. The Bertz CT molecular complexity index is 561. The molecular formula is C18H29NO4Si. The van der Waals surface area contributed by atoms with E-state index in [1.54, 1.807) is 19.1 Å². The van der Waals surface area contributed by atoms with E-state index in [2.05, 4.69) is 43.9 Å². The second-order valence-electron chi connectivity index (χ2n) is 7.23. The Kier molecular flexibility index (Phi) is 7.17. The summed E-state index contributed by atoms with van der Waals surface area (Å²) in [6.45, 7) is 13.7. The van der Waals surface area contributed by atoms with Crippen LogP contribution in [0, 0.1) is 0 Å². The molecule has 0 heterocycles. The summed E-state index contributed by atoms with van der Waals surface area (Å²) >= 11 is 0. The van der Waals surface area contributed by atoms with Crippen molar-refractivity contribution in [2.24, 2.45) is 0 Å². The zero-order valence-electron chi connectivity index (χ0n) is 15.6. The fourth-order valence-electron chi connectivity index (χ4n) is 1.77. The van der Waals surface area contributed by atoms with Crippen LogP contribution in [0.15, 0.2) is 24.3 Å². The van der Waals surface area contributed by atoms with Crippen LogP contribution in [0.2, 0.25) is 18.1 Å². The quantitative estimate of drug-likeness (QED) is 0.481. The third kappa shape index (κ3) is 6.09. The second-order valence-corrected chi connectivity index (χ2v) is 12.0. The normalized spacial score (nSPS) is 11.9. The number of ether oxygens (including phenoxy) is 1. The van der Waals surface area contributed by atoms with Gasteiger partial charge in [-0.15, -0.1) is 0 Å². The van der Waals surface area contributed by atoms with Crippen molar-refractivity contribution in [2.75, 3.05) is 18.5 Å². The first kappa shape index (κ1) is 20.4. The predicted octanol–water partition coefficient (Wildman–Crippen LogP) is 3.75. The van der Waals surface area contributed by atoms with Gasteiger partial charge in [-0.25, -0.2) is 4.79 Å². The fraction of sp³-hybridized carbons (Fsp3) is 0.556. The minimum Gasteiger partial charge on any atom is -0.459 e. The fourth-order valence-corrected chi connectivity index (χ4v) is 2.82. The van der Waals surface area contributed by atoms with Gasteiger partial charge in [-0.05, 0) is 49.2 Å². The lowest BCUT2D eigenvalue weighted by Gasteiger charge is -2.36. The van der Waals surface area contributed by atoms with Gasteiger partial charge in [-0.3, -0.25) is 4.79 Å². The van der Waals surface area contributed by atoms with Crippen LogP contribution < -0.4 is 5.32 Å². The summed E-state index contributed by atoms with van der Waals surface area (Å²) in [5.74, 6) is -1.63. The van der Waals surface area contributed by atoms with Crippen LogP contribution in [-0.4, -0.2) is 33.4 Å². The summed E-state index contributed by atoms with van der Waals surface area (Å²) in [6, 6.07) is 7.41. The highest BCUT2D eigenvalue weighted by Gasteiger charge is 2.36. The van der Waals surface area contributed by atoms with Crippen LogP contribution in [0.25, 0.3) is 0 Å². The summed E-state index contributed by atoms with van der Waals surface area (Å²) < 4.78 is 10.8. The number of hydrogen-bond acceptors (Lipinski definition) is 4. The van der Waals surface area contributed by atoms with Gasteiger partial charge in [0.25, 0.3) is 0 Å². The van der Waals surface area contributed by atoms with E-state index in [-0.39, 0.29) is 11.6 Å². The maximum absolute atomic E-state index is 11.6. The van der Waals surface area contributed by atoms with Gasteiger partial charge in [-0.2, -0.15) is 0 Å². The van der Waals surface area contributed by atoms with Crippen LogP contribution in [0.1, 0.15) is 33.3 Å². The van der Waals surface area contributed by atoms with Gasteiger partial charge in [0.15, 0.2) is 8.32 Å². The highest BCUT2D eigenvalue weighted by Crippen LogP contribution is 2.36. The van der Waals surface area contributed by atoms with E-state index in [4.69, 9.17) is 4.43 Å². The Labute approximate surface area is 145 Å². The van der Waals surface area contributed by atoms with Crippen molar-refractivity contribution in [1.82, 2.24) is 0 Å². The lowest BCUT2D eigenvalue weighted by molar-refractivity contribution is -0.152. The van der Waals surface area contributed by atoms with Crippen molar-refractivity contribution in [1.29, 1.82) is 0 Å². The molecule has 0 aliphatic carbocycles. The van der Waals surface area contributed by atoms with Gasteiger partial charge in [0, 0.05) is 12.3 Å². The molecule has 0 spiro atoms. The largest absolute Gasteiger partial charge is 0.459 e. The Hall–Kier alpha value is -1.66. The van der Waals surface area contributed by atoms with Gasteiger partial charge >= 0.3 is 11.9 Å². The standard InChI is InChI=1S/C18H29NO4Si/c1-7-22-17(21)16(20)19-15-10-8-14(9-11-15)12-13-23-24(5,6)18(2,3)4/h8-11H,7,12-13H2,1-6H3,(H,19,20). The number of hydrogen-bond donors (Lipinski definition) is 1. The Morgan fingerprint density at radius 2 is 1.71 bits per heavy atom. The van der Waals surface area contributed by atoms with Crippen LogP contribution >= 0.6 is 0 Å². The summed E-state index contributed by atoms with van der Waals surface area (Å²) in [4.78, 5) is 22.8. The van der Waals surface area contributed by atoms with Gasteiger partial charge in [-0.1, -0.05) is 32.9 Å². The number of rotatable bonds is 6. The van der Waals surface area contributed by atoms with Gasteiger partial charge < -0.3 is 14.5 Å². The average Bonchev–Trinajstić information content (AvgIpc) is 2.48. The average molecular weight is 352 g/mol. The zero-order valence-corrected chi connectivity index (χ0v) is 16.6. The molecule has 0 saturated heterocycles. The Morgan fingerprint density at radius 1 is 1.12 bits per heavy atom. The van der Waals surface area contributed by atoms with E-state index in [1.807, 2.05) is 12.1 Å². The molecule has 5 nitrogen and oxygen atoms in total. The summed E-state index contributed by atoms with van der Waals surface area (Å²) in [5, 5.41) is 2.72. The van der Waals surface area contributed by atoms with E-state index in [0.29, 0.717) is 12.3 Å². The number of esters is 1. The highest BCUT2D eigenvalue weighted by atomic mass is 28.4. The monoisotopic (exact) mass is 351 g/mol. The molecule has 0 aliphatic heterocycles. The molecule has 0 radical (unpaired) electrons. The Morgan fingerprint density at radius 3 is 2.21 bits per heavy atom. The van der Waals surface area contributed by atoms with Crippen molar-refractivity contribution in [3.05, 3.63) is 29.8 Å². The topological polar surface area (TPSA) is 64.6 Å². The molecule has 1 aromatic carbocycles. The summed E-state index contributed by atoms with van der Waals surface area (Å²) in [6.07, 6.45) is 0.818. The lowest BCUT2D eigenvalue weighted by atomic mass is 10.1. The number of anilines is 1. The first-order valence-electron chi connectivity index (χ1n) is 8.28. The number of carbonyl (C=O) groups is 2. The third-order valence-electron chi connectivity index (χ3n) is 4.33. The lowest BCUT2D eigenvalue weighted by Crippen LogP contribution is -2.41. The molecule has 0 fully saturated rings. The van der Waals surface area contributed by atoms with Gasteiger partial charge in [0.1, 0.15) is 0 Å². The van der Waals surface area contributed by atoms with Crippen molar-refractivity contribution in [2.45, 2.75) is 52.2 Å². The molecule has 1 N–H and O–H groups in total. The summed E-state index contributed by atoms with van der Waals surface area (Å²) in [7, 11) is -1.72. The number of nitrogens with one attached hydrogen (secondary N) is 1. The molecule has 1 amide bonds. The molecule has 0 aliphatic rings. The summed E-state index contributed by atoms with van der Waals surface area (Å²) in [5.41, 5.74) is 1.70. The third-order valence-corrected chi connectivity index (χ3v) is 8.87. The SMILES string of the molecule is CCOC(=O)C(=O)Nc1ccc(CCO[Si](C)(C)C(C)(C)C)cc1. The minimum absolute atomic E-state index is 0.180. The molecular weight excluding hydrogens is 322 g/mol. The maximum atomic E-state index is 11.6. The van der Waals surface area contributed by atoms with E-state index in [1.165, 1.54) is 0 Å². The number of benzene rings is 1. The molecule has 0 atom stereocenters. The van der Waals surface area contributed by atoms with Crippen molar-refractivity contribution >= 4 is 25.9 Å². The smallest absolute Gasteiger partial charge is 0.397 e. The van der Waals surface area contributed by atoms with Gasteiger partial charge in [0.2, 0.25) is 0 Å². The molecule has 1 rings (SSSR count). The van der Waals surface area contributed by atoms with Crippen molar-refractivity contribution in [3.63, 3.8) is 0 Å². The molecule has 0 saturated carbocycles. The predicted molar refractivity (Wildman–Crippen MR) is 98.6 cm³/mol. The molecule has 1 aromatic rings. The minimum atomic E-state index is -1.72. The first-order valence-corrected chi connectivity index (χ1v) is 11.2. The van der Waals surface area contributed by atoms with E-state index in [0.717, 1.165) is 12.0 Å². The zero-order chi connectivity index (χ0) is 18.4. The van der Waals surface area contributed by atoms with E-state index < -0.39 is 20.2 Å². The van der Waals surface area contributed by atoms with E-state index in [9.17, 15) is 9.59 Å². The van der Waals surface area contributed by atoms with E-state index >= 15 is 0 Å².